The number of hydrogen-bond acceptors (Lipinski definition) is 3. The lowest BCUT2D eigenvalue weighted by molar-refractivity contribution is 0.246. The largest absolute Gasteiger partial charge is 0.338 e. The number of anilines is 1. The molecule has 0 unspecified atom stereocenters. The first kappa shape index (κ1) is 17.7. The smallest absolute Gasteiger partial charge is 0.323 e. The van der Waals surface area contributed by atoms with Gasteiger partial charge in [-0.3, -0.25) is 14.8 Å². The summed E-state index contributed by atoms with van der Waals surface area (Å²) in [6.07, 6.45) is 0. The molecule has 0 saturated heterocycles. The Morgan fingerprint density at radius 3 is 2.62 bits per heavy atom. The minimum absolute atomic E-state index is 0.145. The summed E-state index contributed by atoms with van der Waals surface area (Å²) < 4.78 is 0. The zero-order valence-corrected chi connectivity index (χ0v) is 15.4. The number of carbonyl (C=O) groups excluding carboxylic acids is 1. The Kier molecular flexibility index (Phi) is 4.79. The van der Waals surface area contributed by atoms with Crippen molar-refractivity contribution in [3.8, 4) is 0 Å². The standard InChI is InChI=1S/C19H23N5O2/c1-5-20-19(26)24(16-8-13(4)22-23-16)10-15-9-14-7-11(2)6-12(3)17(14)21-18(15)25/h6-9H,5,10H2,1-4H3,(H,20,26)(H,21,25)(H,22,23). The number of fused-ring (bicyclic) bond motifs is 1. The van der Waals surface area contributed by atoms with E-state index in [4.69, 9.17) is 0 Å². The van der Waals surface area contributed by atoms with Gasteiger partial charge < -0.3 is 10.3 Å². The second kappa shape index (κ2) is 7.03. The second-order valence-electron chi connectivity index (χ2n) is 6.49. The van der Waals surface area contributed by atoms with E-state index < -0.39 is 0 Å². The van der Waals surface area contributed by atoms with Crippen LogP contribution in [0.15, 0.2) is 29.1 Å². The SMILES string of the molecule is CCNC(=O)N(Cc1cc2cc(C)cc(C)c2[nH]c1=O)c1cc(C)n[nH]1. The summed E-state index contributed by atoms with van der Waals surface area (Å²) in [7, 11) is 0. The highest BCUT2D eigenvalue weighted by atomic mass is 16.2. The van der Waals surface area contributed by atoms with Gasteiger partial charge >= 0.3 is 6.03 Å². The maximum atomic E-state index is 12.6. The first-order valence-electron chi connectivity index (χ1n) is 8.59. The summed E-state index contributed by atoms with van der Waals surface area (Å²) in [5.74, 6) is 0.549. The fourth-order valence-corrected chi connectivity index (χ4v) is 3.08. The first-order chi connectivity index (χ1) is 12.4. The van der Waals surface area contributed by atoms with Gasteiger partial charge in [0.1, 0.15) is 5.82 Å². The highest BCUT2D eigenvalue weighted by Crippen LogP contribution is 2.20. The highest BCUT2D eigenvalue weighted by molar-refractivity contribution is 5.91. The average Bonchev–Trinajstić information content (AvgIpc) is 3.00. The van der Waals surface area contributed by atoms with Crippen molar-refractivity contribution in [2.45, 2.75) is 34.2 Å². The Balaban J connectivity index is 2.04. The molecular weight excluding hydrogens is 330 g/mol. The van der Waals surface area contributed by atoms with Crippen molar-refractivity contribution in [2.24, 2.45) is 0 Å². The van der Waals surface area contributed by atoms with Crippen molar-refractivity contribution < 1.29 is 4.79 Å². The van der Waals surface area contributed by atoms with Gasteiger partial charge in [0.05, 0.1) is 17.8 Å². The van der Waals surface area contributed by atoms with Gasteiger partial charge in [0, 0.05) is 18.2 Å². The number of H-pyrrole nitrogens is 2. The number of nitrogens with one attached hydrogen (secondary N) is 3. The summed E-state index contributed by atoms with van der Waals surface area (Å²) in [6.45, 7) is 8.32. The van der Waals surface area contributed by atoms with Gasteiger partial charge in [-0.05, 0) is 50.8 Å². The topological polar surface area (TPSA) is 93.9 Å². The van der Waals surface area contributed by atoms with Crippen LogP contribution in [0.1, 0.15) is 29.3 Å². The number of aromatic nitrogens is 3. The van der Waals surface area contributed by atoms with Crippen molar-refractivity contribution in [2.75, 3.05) is 11.4 Å². The molecule has 2 amide bonds. The number of benzene rings is 1. The first-order valence-corrected chi connectivity index (χ1v) is 8.59. The molecule has 0 spiro atoms. The number of amides is 2. The molecule has 0 aliphatic carbocycles. The Bertz CT molecular complexity index is 1020. The molecule has 0 bridgehead atoms. The molecule has 2 heterocycles. The van der Waals surface area contributed by atoms with Crippen molar-refractivity contribution in [3.63, 3.8) is 0 Å². The minimum Gasteiger partial charge on any atom is -0.338 e. The van der Waals surface area contributed by atoms with E-state index in [0.29, 0.717) is 17.9 Å². The van der Waals surface area contributed by atoms with E-state index in [2.05, 4.69) is 20.5 Å². The Morgan fingerprint density at radius 1 is 1.19 bits per heavy atom. The molecule has 0 fully saturated rings. The molecule has 0 aliphatic heterocycles. The quantitative estimate of drug-likeness (QED) is 0.673. The van der Waals surface area contributed by atoms with Crippen LogP contribution in [-0.2, 0) is 6.54 Å². The van der Waals surface area contributed by atoms with Crippen LogP contribution in [0.5, 0.6) is 0 Å². The molecule has 3 N–H and O–H groups in total. The third-order valence-electron chi connectivity index (χ3n) is 4.26. The van der Waals surface area contributed by atoms with Gasteiger partial charge in [0.15, 0.2) is 0 Å². The molecule has 3 rings (SSSR count). The molecule has 7 nitrogen and oxygen atoms in total. The van der Waals surface area contributed by atoms with Crippen LogP contribution in [0, 0.1) is 20.8 Å². The van der Waals surface area contributed by atoms with E-state index in [1.165, 1.54) is 4.90 Å². The summed E-state index contributed by atoms with van der Waals surface area (Å²) in [6, 6.07) is 7.41. The molecule has 2 aromatic heterocycles. The Morgan fingerprint density at radius 2 is 1.96 bits per heavy atom. The molecule has 7 heteroatoms. The molecule has 0 radical (unpaired) electrons. The number of aryl methyl sites for hydroxylation is 3. The third-order valence-corrected chi connectivity index (χ3v) is 4.26. The maximum absolute atomic E-state index is 12.6. The third kappa shape index (κ3) is 3.46. The number of rotatable bonds is 4. The lowest BCUT2D eigenvalue weighted by atomic mass is 10.1. The number of aromatic amines is 2. The average molecular weight is 353 g/mol. The van der Waals surface area contributed by atoms with Crippen LogP contribution in [0.4, 0.5) is 10.6 Å². The van der Waals surface area contributed by atoms with E-state index in [0.717, 1.165) is 27.7 Å². The summed E-state index contributed by atoms with van der Waals surface area (Å²) >= 11 is 0. The minimum atomic E-state index is -0.281. The number of nitrogens with zero attached hydrogens (tertiary/aromatic N) is 2. The van der Waals surface area contributed by atoms with Gasteiger partial charge in [-0.2, -0.15) is 5.10 Å². The predicted octanol–water partition coefficient (Wildman–Crippen LogP) is 2.91. The summed E-state index contributed by atoms with van der Waals surface area (Å²) in [4.78, 5) is 29.5. The Hall–Kier alpha value is -3.09. The van der Waals surface area contributed by atoms with E-state index in [1.807, 2.05) is 45.9 Å². The van der Waals surface area contributed by atoms with Gasteiger partial charge in [-0.25, -0.2) is 4.79 Å². The fraction of sp³-hybridized carbons (Fsp3) is 0.316. The van der Waals surface area contributed by atoms with Crippen LogP contribution in [0.25, 0.3) is 10.9 Å². The van der Waals surface area contributed by atoms with E-state index in [1.54, 1.807) is 6.07 Å². The number of urea groups is 1. The lowest BCUT2D eigenvalue weighted by Gasteiger charge is -2.21. The highest BCUT2D eigenvalue weighted by Gasteiger charge is 2.19. The molecule has 0 atom stereocenters. The molecular formula is C19H23N5O2. The summed E-state index contributed by atoms with van der Waals surface area (Å²) in [5.41, 5.74) is 4.06. The molecule has 136 valence electrons. The molecule has 0 saturated carbocycles. The van der Waals surface area contributed by atoms with Crippen LogP contribution < -0.4 is 15.8 Å². The maximum Gasteiger partial charge on any atom is 0.323 e. The lowest BCUT2D eigenvalue weighted by Crippen LogP contribution is -2.40. The van der Waals surface area contributed by atoms with Crippen LogP contribution in [-0.4, -0.2) is 27.8 Å². The van der Waals surface area contributed by atoms with Crippen LogP contribution >= 0.6 is 0 Å². The molecule has 26 heavy (non-hydrogen) atoms. The molecule has 1 aromatic carbocycles. The van der Waals surface area contributed by atoms with Gasteiger partial charge in [-0.15, -0.1) is 0 Å². The van der Waals surface area contributed by atoms with Gasteiger partial charge in [-0.1, -0.05) is 11.6 Å². The van der Waals surface area contributed by atoms with Crippen molar-refractivity contribution in [3.05, 3.63) is 57.0 Å². The molecule has 3 aromatic rings. The van der Waals surface area contributed by atoms with E-state index in [-0.39, 0.29) is 18.1 Å². The molecule has 0 aliphatic rings. The van der Waals surface area contributed by atoms with Crippen LogP contribution in [0.3, 0.4) is 0 Å². The van der Waals surface area contributed by atoms with Crippen LogP contribution in [0.2, 0.25) is 0 Å². The zero-order valence-electron chi connectivity index (χ0n) is 15.4. The second-order valence-corrected chi connectivity index (χ2v) is 6.49. The van der Waals surface area contributed by atoms with E-state index >= 15 is 0 Å². The zero-order chi connectivity index (χ0) is 18.8. The fourth-order valence-electron chi connectivity index (χ4n) is 3.08. The number of pyridine rings is 1. The normalized spacial score (nSPS) is 10.9. The van der Waals surface area contributed by atoms with E-state index in [9.17, 15) is 9.59 Å². The van der Waals surface area contributed by atoms with Crippen molar-refractivity contribution in [1.82, 2.24) is 20.5 Å². The Labute approximate surface area is 151 Å². The van der Waals surface area contributed by atoms with Crippen molar-refractivity contribution in [1.29, 1.82) is 0 Å². The summed E-state index contributed by atoms with van der Waals surface area (Å²) in [5, 5.41) is 10.7. The number of hydrogen-bond donors (Lipinski definition) is 3. The monoisotopic (exact) mass is 353 g/mol. The van der Waals surface area contributed by atoms with Gasteiger partial charge in [0.25, 0.3) is 5.56 Å². The predicted molar refractivity (Wildman–Crippen MR) is 103 cm³/mol. The van der Waals surface area contributed by atoms with Crippen molar-refractivity contribution >= 4 is 22.8 Å². The number of carbonyl (C=O) groups is 1. The van der Waals surface area contributed by atoms with Gasteiger partial charge in [0.2, 0.25) is 0 Å².